The molecule has 0 fully saturated rings. The highest BCUT2D eigenvalue weighted by Crippen LogP contribution is 2.23. The second kappa shape index (κ2) is 10.6. The minimum atomic E-state index is -0.224. The fraction of sp³-hybridized carbons (Fsp3) is 0.286. The van der Waals surface area contributed by atoms with E-state index in [1.165, 1.54) is 30.4 Å². The highest BCUT2D eigenvalue weighted by molar-refractivity contribution is 5.85. The number of unbranched alkanes of at least 4 members (excludes halogenated alkanes) is 2. The molecule has 0 heterocycles. The van der Waals surface area contributed by atoms with Crippen LogP contribution in [-0.4, -0.2) is 0 Å². The van der Waals surface area contributed by atoms with E-state index in [9.17, 15) is 4.39 Å². The van der Waals surface area contributed by atoms with Crippen LogP contribution >= 0.6 is 0 Å². The highest BCUT2D eigenvalue weighted by Gasteiger charge is 2.06. The quantitative estimate of drug-likeness (QED) is 0.223. The van der Waals surface area contributed by atoms with Crippen molar-refractivity contribution in [2.45, 2.75) is 52.4 Å². The van der Waals surface area contributed by atoms with Crippen molar-refractivity contribution >= 4 is 10.8 Å². The lowest BCUT2D eigenvalue weighted by atomic mass is 10.0. The summed E-state index contributed by atoms with van der Waals surface area (Å²) in [5.41, 5.74) is 3.93. The average Bonchev–Trinajstić information content (AvgIpc) is 2.75. The average molecular weight is 385 g/mol. The van der Waals surface area contributed by atoms with Gasteiger partial charge in [-0.1, -0.05) is 80.2 Å². The number of hydrogen-bond acceptors (Lipinski definition) is 0. The first-order chi connectivity index (χ1) is 14.2. The summed E-state index contributed by atoms with van der Waals surface area (Å²) in [5.74, 6) is 5.89. The third-order valence-electron chi connectivity index (χ3n) is 5.22. The first kappa shape index (κ1) is 20.9. The maximum Gasteiger partial charge on any atom is 0.146 e. The Hall–Kier alpha value is -2.85. The molecule has 0 atom stereocenters. The Bertz CT molecular complexity index is 1030. The van der Waals surface area contributed by atoms with Gasteiger partial charge in [0.25, 0.3) is 0 Å². The van der Waals surface area contributed by atoms with Crippen LogP contribution in [0.15, 0.2) is 66.7 Å². The number of hydrogen-bond donors (Lipinski definition) is 0. The maximum absolute atomic E-state index is 14.9. The second-order valence-electron chi connectivity index (χ2n) is 7.49. The molecule has 0 nitrogen and oxygen atoms in total. The molecular weight excluding hydrogens is 355 g/mol. The SMILES string of the molecule is C/C=C/CCc1ccc(C#Cc2ccc3cc(CCCCC)ccc3c2F)cc1. The molecule has 0 aliphatic rings. The Morgan fingerprint density at radius 1 is 0.862 bits per heavy atom. The van der Waals surface area contributed by atoms with Crippen molar-refractivity contribution in [3.05, 3.63) is 94.8 Å². The van der Waals surface area contributed by atoms with E-state index in [2.05, 4.69) is 49.1 Å². The van der Waals surface area contributed by atoms with Crippen LogP contribution in [0.25, 0.3) is 10.8 Å². The molecule has 3 aromatic rings. The highest BCUT2D eigenvalue weighted by atomic mass is 19.1. The van der Waals surface area contributed by atoms with Crippen molar-refractivity contribution < 1.29 is 4.39 Å². The van der Waals surface area contributed by atoms with Crippen LogP contribution in [-0.2, 0) is 12.8 Å². The molecule has 0 N–H and O–H groups in total. The van der Waals surface area contributed by atoms with Gasteiger partial charge in [-0.3, -0.25) is 0 Å². The minimum absolute atomic E-state index is 0.224. The van der Waals surface area contributed by atoms with Crippen LogP contribution in [0, 0.1) is 17.7 Å². The zero-order chi connectivity index (χ0) is 20.5. The van der Waals surface area contributed by atoms with Gasteiger partial charge in [0.2, 0.25) is 0 Å². The summed E-state index contributed by atoms with van der Waals surface area (Å²) < 4.78 is 14.9. The fourth-order valence-electron chi connectivity index (χ4n) is 3.48. The predicted molar refractivity (Wildman–Crippen MR) is 123 cm³/mol. The molecule has 0 aliphatic heterocycles. The molecular formula is C28H29F. The predicted octanol–water partition coefficient (Wildman–Crippen LogP) is 7.62. The monoisotopic (exact) mass is 384 g/mol. The summed E-state index contributed by atoms with van der Waals surface area (Å²) in [5, 5.41) is 1.60. The number of rotatable bonds is 7. The van der Waals surface area contributed by atoms with Crippen molar-refractivity contribution in [3.63, 3.8) is 0 Å². The van der Waals surface area contributed by atoms with Crippen molar-refractivity contribution in [1.29, 1.82) is 0 Å². The van der Waals surface area contributed by atoms with E-state index in [1.54, 1.807) is 6.07 Å². The molecule has 3 rings (SSSR count). The molecule has 0 aromatic heterocycles. The van der Waals surface area contributed by atoms with Crippen LogP contribution in [0.1, 0.15) is 61.8 Å². The molecule has 1 heteroatoms. The molecule has 3 aromatic carbocycles. The molecule has 0 unspecified atom stereocenters. The van der Waals surface area contributed by atoms with E-state index in [0.717, 1.165) is 30.2 Å². The summed E-state index contributed by atoms with van der Waals surface area (Å²) >= 11 is 0. The van der Waals surface area contributed by atoms with E-state index >= 15 is 0 Å². The summed E-state index contributed by atoms with van der Waals surface area (Å²) in [4.78, 5) is 0. The van der Waals surface area contributed by atoms with E-state index < -0.39 is 0 Å². The van der Waals surface area contributed by atoms with Gasteiger partial charge in [-0.25, -0.2) is 4.39 Å². The van der Waals surface area contributed by atoms with Crippen molar-refractivity contribution in [3.8, 4) is 11.8 Å². The van der Waals surface area contributed by atoms with Gasteiger partial charge in [0.1, 0.15) is 5.82 Å². The first-order valence-electron chi connectivity index (χ1n) is 10.6. The normalized spacial score (nSPS) is 11.0. The van der Waals surface area contributed by atoms with E-state index in [1.807, 2.05) is 37.3 Å². The molecule has 0 bridgehead atoms. The van der Waals surface area contributed by atoms with Crippen LogP contribution < -0.4 is 0 Å². The van der Waals surface area contributed by atoms with Gasteiger partial charge in [0.05, 0.1) is 5.56 Å². The molecule has 0 spiro atoms. The van der Waals surface area contributed by atoms with Crippen LogP contribution in [0.4, 0.5) is 4.39 Å². The molecule has 0 aliphatic carbocycles. The lowest BCUT2D eigenvalue weighted by Crippen LogP contribution is -1.90. The number of fused-ring (bicyclic) bond motifs is 1. The van der Waals surface area contributed by atoms with E-state index in [4.69, 9.17) is 0 Å². The maximum atomic E-state index is 14.9. The molecule has 0 saturated heterocycles. The Labute approximate surface area is 174 Å². The molecule has 0 saturated carbocycles. The van der Waals surface area contributed by atoms with Crippen LogP contribution in [0.5, 0.6) is 0 Å². The van der Waals surface area contributed by atoms with Gasteiger partial charge < -0.3 is 0 Å². The number of allylic oxidation sites excluding steroid dienone is 2. The number of halogens is 1. The zero-order valence-corrected chi connectivity index (χ0v) is 17.5. The van der Waals surface area contributed by atoms with Crippen LogP contribution in [0.3, 0.4) is 0 Å². The standard InChI is InChI=1S/C28H29F/c1-3-5-7-9-22-11-13-23(14-12-22)15-17-25-18-19-26-21-24(10-8-6-4-2)16-20-27(26)28(25)29/h3,5,11-14,16,18-21H,4,6-10H2,1-2H3/b5-3+. The van der Waals surface area contributed by atoms with Gasteiger partial charge in [-0.15, -0.1) is 0 Å². The molecule has 0 amide bonds. The van der Waals surface area contributed by atoms with Gasteiger partial charge in [-0.05, 0) is 67.3 Å². The van der Waals surface area contributed by atoms with Gasteiger partial charge in [0, 0.05) is 10.9 Å². The van der Waals surface area contributed by atoms with Gasteiger partial charge in [-0.2, -0.15) is 0 Å². The third kappa shape index (κ3) is 5.81. The van der Waals surface area contributed by atoms with Crippen molar-refractivity contribution in [2.75, 3.05) is 0 Å². The fourth-order valence-corrected chi connectivity index (χ4v) is 3.48. The summed E-state index contributed by atoms with van der Waals surface area (Å²) in [6.45, 7) is 4.25. The van der Waals surface area contributed by atoms with Crippen LogP contribution in [0.2, 0.25) is 0 Å². The smallest absolute Gasteiger partial charge is 0.146 e. The summed E-state index contributed by atoms with van der Waals surface area (Å²) in [6.07, 6.45) is 11.0. The Morgan fingerprint density at radius 3 is 2.41 bits per heavy atom. The van der Waals surface area contributed by atoms with Crippen molar-refractivity contribution in [2.24, 2.45) is 0 Å². The zero-order valence-electron chi connectivity index (χ0n) is 17.5. The topological polar surface area (TPSA) is 0 Å². The molecule has 0 radical (unpaired) electrons. The largest absolute Gasteiger partial charge is 0.205 e. The summed E-state index contributed by atoms with van der Waals surface area (Å²) in [7, 11) is 0. The number of aryl methyl sites for hydroxylation is 2. The lowest BCUT2D eigenvalue weighted by molar-refractivity contribution is 0.636. The van der Waals surface area contributed by atoms with Gasteiger partial charge >= 0.3 is 0 Å². The van der Waals surface area contributed by atoms with Crippen molar-refractivity contribution in [1.82, 2.24) is 0 Å². The Balaban J connectivity index is 1.75. The Morgan fingerprint density at radius 2 is 1.66 bits per heavy atom. The van der Waals surface area contributed by atoms with E-state index in [0.29, 0.717) is 10.9 Å². The first-order valence-corrected chi connectivity index (χ1v) is 10.6. The molecule has 148 valence electrons. The third-order valence-corrected chi connectivity index (χ3v) is 5.22. The Kier molecular flexibility index (Phi) is 7.65. The minimum Gasteiger partial charge on any atom is -0.205 e. The lowest BCUT2D eigenvalue weighted by Gasteiger charge is -2.06. The van der Waals surface area contributed by atoms with Gasteiger partial charge in [0.15, 0.2) is 0 Å². The molecule has 29 heavy (non-hydrogen) atoms. The second-order valence-corrected chi connectivity index (χ2v) is 7.49. The summed E-state index contributed by atoms with van der Waals surface area (Å²) in [6, 6.07) is 18.1. The number of benzene rings is 3. The van der Waals surface area contributed by atoms with E-state index in [-0.39, 0.29) is 5.82 Å².